The van der Waals surface area contributed by atoms with Crippen molar-refractivity contribution in [1.82, 2.24) is 20.3 Å². The van der Waals surface area contributed by atoms with Crippen molar-refractivity contribution in [3.8, 4) is 0 Å². The van der Waals surface area contributed by atoms with Gasteiger partial charge in [0.25, 0.3) is 0 Å². The van der Waals surface area contributed by atoms with Crippen LogP contribution >= 0.6 is 0 Å². The number of anilines is 2. The molecule has 0 amide bonds. The summed E-state index contributed by atoms with van der Waals surface area (Å²) in [7, 11) is 0. The number of H-pyrrole nitrogens is 2. The number of fused-ring (bicyclic) bond motifs is 10. The van der Waals surface area contributed by atoms with Crippen LogP contribution in [0.4, 0.5) is 11.5 Å². The minimum atomic E-state index is 0.862. The Bertz CT molecular complexity index is 2080. The van der Waals surface area contributed by atoms with Gasteiger partial charge in [-0.25, -0.2) is 4.98 Å². The van der Waals surface area contributed by atoms with Gasteiger partial charge in [0.2, 0.25) is 0 Å². The third-order valence-electron chi connectivity index (χ3n) is 8.52. The van der Waals surface area contributed by atoms with E-state index in [2.05, 4.69) is 129 Å². The average molecular weight is 563 g/mol. The average Bonchev–Trinajstić information content (AvgIpc) is 3.64. The Kier molecular flexibility index (Phi) is 6.54. The van der Waals surface area contributed by atoms with Crippen LogP contribution in [0.1, 0.15) is 12.8 Å². The summed E-state index contributed by atoms with van der Waals surface area (Å²) in [5.74, 6) is 0.953. The largest absolute Gasteiger partial charge is 0.384 e. The molecule has 0 unspecified atom stereocenters. The molecule has 5 aromatic carbocycles. The van der Waals surface area contributed by atoms with Crippen molar-refractivity contribution in [3.63, 3.8) is 0 Å². The van der Waals surface area contributed by atoms with Crippen LogP contribution in [0.15, 0.2) is 103 Å². The fraction of sp³-hybridized carbons (Fsp3) is 0.162. The van der Waals surface area contributed by atoms with E-state index in [9.17, 15) is 0 Å². The second-order valence-corrected chi connectivity index (χ2v) is 11.3. The lowest BCUT2D eigenvalue weighted by molar-refractivity contribution is 0.642. The third kappa shape index (κ3) is 4.60. The predicted octanol–water partition coefficient (Wildman–Crippen LogP) is 8.55. The molecule has 0 aliphatic rings. The number of hydrogen-bond acceptors (Lipinski definition) is 4. The Morgan fingerprint density at radius 3 is 1.88 bits per heavy atom. The molecule has 0 fully saturated rings. The van der Waals surface area contributed by atoms with Gasteiger partial charge in [-0.2, -0.15) is 0 Å². The first-order chi connectivity index (χ1) is 21.3. The Morgan fingerprint density at radius 1 is 0.535 bits per heavy atom. The summed E-state index contributed by atoms with van der Waals surface area (Å²) in [5, 5.41) is 19.6. The monoisotopic (exact) mass is 562 g/mol. The highest BCUT2D eigenvalue weighted by molar-refractivity contribution is 6.22. The Balaban J connectivity index is 0.887. The number of aromatic amines is 2. The van der Waals surface area contributed by atoms with Crippen LogP contribution in [0.3, 0.4) is 0 Å². The maximum Gasteiger partial charge on any atom is 0.136 e. The number of nitrogens with zero attached hydrogens (tertiary/aromatic N) is 1. The zero-order valence-corrected chi connectivity index (χ0v) is 24.0. The topological polar surface area (TPSA) is 80.6 Å². The molecule has 0 radical (unpaired) electrons. The molecule has 0 saturated heterocycles. The molecule has 5 N–H and O–H groups in total. The molecule has 3 heterocycles. The zero-order chi connectivity index (χ0) is 28.6. The second-order valence-electron chi connectivity index (χ2n) is 11.3. The van der Waals surface area contributed by atoms with Crippen LogP contribution in [-0.4, -0.2) is 41.1 Å². The molecule has 0 aliphatic heterocycles. The maximum atomic E-state index is 5.01. The Hall–Kier alpha value is -5.07. The molecule has 8 rings (SSSR count). The summed E-state index contributed by atoms with van der Waals surface area (Å²) in [4.78, 5) is 12.3. The zero-order valence-electron chi connectivity index (χ0n) is 24.0. The van der Waals surface area contributed by atoms with E-state index in [1.807, 2.05) is 0 Å². The third-order valence-corrected chi connectivity index (χ3v) is 8.52. The van der Waals surface area contributed by atoms with Gasteiger partial charge in [0, 0.05) is 56.7 Å². The lowest BCUT2D eigenvalue weighted by Gasteiger charge is -2.12. The van der Waals surface area contributed by atoms with Gasteiger partial charge in [0.1, 0.15) is 5.82 Å². The van der Waals surface area contributed by atoms with Crippen molar-refractivity contribution in [1.29, 1.82) is 0 Å². The second kappa shape index (κ2) is 11.0. The molecule has 0 atom stereocenters. The molecule has 0 saturated carbocycles. The molecule has 0 aliphatic carbocycles. The van der Waals surface area contributed by atoms with E-state index in [1.165, 1.54) is 49.0 Å². The van der Waals surface area contributed by atoms with E-state index in [0.717, 1.165) is 66.8 Å². The molecular formula is C37H34N6. The molecule has 8 aromatic rings. The van der Waals surface area contributed by atoms with Crippen molar-refractivity contribution in [2.75, 3.05) is 36.8 Å². The first-order valence-corrected chi connectivity index (χ1v) is 15.2. The van der Waals surface area contributed by atoms with Crippen molar-refractivity contribution in [2.24, 2.45) is 0 Å². The van der Waals surface area contributed by atoms with Crippen molar-refractivity contribution >= 4 is 76.8 Å². The summed E-state index contributed by atoms with van der Waals surface area (Å²) in [6, 6.07) is 36.3. The van der Waals surface area contributed by atoms with Crippen molar-refractivity contribution in [2.45, 2.75) is 12.8 Å². The van der Waals surface area contributed by atoms with Crippen LogP contribution in [0.25, 0.3) is 65.3 Å². The van der Waals surface area contributed by atoms with Gasteiger partial charge in [0.05, 0.1) is 21.9 Å². The quantitative estimate of drug-likeness (QED) is 0.108. The van der Waals surface area contributed by atoms with E-state index >= 15 is 0 Å². The van der Waals surface area contributed by atoms with Gasteiger partial charge >= 0.3 is 0 Å². The lowest BCUT2D eigenvalue weighted by atomic mass is 10.0. The van der Waals surface area contributed by atoms with Gasteiger partial charge in [-0.1, -0.05) is 78.9 Å². The smallest absolute Gasteiger partial charge is 0.136 e. The summed E-state index contributed by atoms with van der Waals surface area (Å²) >= 11 is 0. The van der Waals surface area contributed by atoms with Crippen LogP contribution in [0.5, 0.6) is 0 Å². The molecule has 212 valence electrons. The summed E-state index contributed by atoms with van der Waals surface area (Å²) in [6.07, 6.45) is 2.07. The number of nitrogens with one attached hydrogen (secondary N) is 5. The Labute approximate surface area is 249 Å². The minimum Gasteiger partial charge on any atom is -0.384 e. The number of hydrogen-bond donors (Lipinski definition) is 5. The van der Waals surface area contributed by atoms with E-state index in [0.29, 0.717) is 0 Å². The van der Waals surface area contributed by atoms with Gasteiger partial charge in [-0.15, -0.1) is 0 Å². The molecule has 6 heteroatoms. The predicted molar refractivity (Wildman–Crippen MR) is 183 cm³/mol. The van der Waals surface area contributed by atoms with Gasteiger partial charge in [0.15, 0.2) is 0 Å². The van der Waals surface area contributed by atoms with Crippen LogP contribution in [-0.2, 0) is 0 Å². The van der Waals surface area contributed by atoms with Gasteiger partial charge in [-0.05, 0) is 55.6 Å². The van der Waals surface area contributed by atoms with E-state index in [-0.39, 0.29) is 0 Å². The highest BCUT2D eigenvalue weighted by atomic mass is 15.0. The number of rotatable bonds is 10. The highest BCUT2D eigenvalue weighted by Gasteiger charge is 2.14. The van der Waals surface area contributed by atoms with E-state index in [1.54, 1.807) is 0 Å². The number of pyridine rings is 1. The van der Waals surface area contributed by atoms with E-state index in [4.69, 9.17) is 4.98 Å². The Morgan fingerprint density at radius 2 is 1.12 bits per heavy atom. The fourth-order valence-corrected chi connectivity index (χ4v) is 6.50. The lowest BCUT2D eigenvalue weighted by Crippen LogP contribution is -2.21. The van der Waals surface area contributed by atoms with Crippen molar-refractivity contribution in [3.05, 3.63) is 103 Å². The SMILES string of the molecule is c1ccc2c(c1)cc(NCCCNCCCNc1nc3ccccc3c3[nH]c4ccccc4c13)c1c3ccccc3[nH]c21. The van der Waals surface area contributed by atoms with Gasteiger partial charge in [-0.3, -0.25) is 0 Å². The molecule has 43 heavy (non-hydrogen) atoms. The number of aromatic nitrogens is 3. The molecule has 0 bridgehead atoms. The summed E-state index contributed by atoms with van der Waals surface area (Å²) in [5.41, 5.74) is 6.88. The summed E-state index contributed by atoms with van der Waals surface area (Å²) in [6.45, 7) is 3.71. The van der Waals surface area contributed by atoms with Crippen LogP contribution in [0.2, 0.25) is 0 Å². The fourth-order valence-electron chi connectivity index (χ4n) is 6.50. The molecule has 3 aromatic heterocycles. The van der Waals surface area contributed by atoms with Crippen molar-refractivity contribution < 1.29 is 0 Å². The normalized spacial score (nSPS) is 11.9. The van der Waals surface area contributed by atoms with Crippen LogP contribution < -0.4 is 16.0 Å². The maximum absolute atomic E-state index is 5.01. The standard InChI is InChI=1S/C37H34N6/c1-2-12-25-24(11-1)23-32(33-26-13-3-6-16-29(26)41-35(25)33)39-21-9-19-38-20-10-22-40-37-34-27-14-4-7-17-30(27)42-36(34)28-15-5-8-18-31(28)43-37/h1-8,11-18,23,38-39,41-42H,9-10,19-22H2,(H,40,43). The van der Waals surface area contributed by atoms with Gasteiger partial charge < -0.3 is 25.9 Å². The number of benzene rings is 5. The minimum absolute atomic E-state index is 0.862. The number of para-hydroxylation sites is 3. The van der Waals surface area contributed by atoms with E-state index < -0.39 is 0 Å². The molecular weight excluding hydrogens is 528 g/mol. The first-order valence-electron chi connectivity index (χ1n) is 15.2. The first kappa shape index (κ1) is 25.6. The molecule has 0 spiro atoms. The highest BCUT2D eigenvalue weighted by Crippen LogP contribution is 2.37. The summed E-state index contributed by atoms with van der Waals surface area (Å²) < 4.78 is 0. The molecule has 6 nitrogen and oxygen atoms in total. The van der Waals surface area contributed by atoms with Crippen LogP contribution in [0, 0.1) is 0 Å².